The molecule has 1 aromatic rings. The first kappa shape index (κ1) is 12.6. The van der Waals surface area contributed by atoms with Crippen molar-refractivity contribution in [2.75, 3.05) is 19.7 Å². The van der Waals surface area contributed by atoms with E-state index in [1.54, 1.807) is 0 Å². The topological polar surface area (TPSA) is 29.5 Å². The maximum atomic E-state index is 12.3. The molecule has 0 aliphatic carbocycles. The molecule has 1 amide bonds. The van der Waals surface area contributed by atoms with E-state index in [9.17, 15) is 4.79 Å². The summed E-state index contributed by atoms with van der Waals surface area (Å²) in [4.78, 5) is 14.1. The normalized spacial score (nSPS) is 20.4. The first-order valence-electron chi connectivity index (χ1n) is 5.75. The third kappa shape index (κ3) is 2.87. The Bertz CT molecular complexity index is 433. The first-order chi connectivity index (χ1) is 8.08. The lowest BCUT2D eigenvalue weighted by atomic mass is 10.1. The van der Waals surface area contributed by atoms with Gasteiger partial charge in [-0.25, -0.2) is 0 Å². The molecule has 0 bridgehead atoms. The van der Waals surface area contributed by atoms with Crippen LogP contribution >= 0.6 is 15.9 Å². The van der Waals surface area contributed by atoms with Gasteiger partial charge in [-0.3, -0.25) is 4.79 Å². The van der Waals surface area contributed by atoms with E-state index in [-0.39, 0.29) is 12.0 Å². The fraction of sp³-hybridized carbons (Fsp3) is 0.462. The highest BCUT2D eigenvalue weighted by atomic mass is 79.9. The highest BCUT2D eigenvalue weighted by molar-refractivity contribution is 9.10. The van der Waals surface area contributed by atoms with Gasteiger partial charge >= 0.3 is 0 Å². The van der Waals surface area contributed by atoms with Crippen LogP contribution in [0.3, 0.4) is 0 Å². The SMILES string of the molecule is Cc1cc(C(=O)N2CCOC(C)C2)ccc1Br. The summed E-state index contributed by atoms with van der Waals surface area (Å²) >= 11 is 3.44. The van der Waals surface area contributed by atoms with Gasteiger partial charge in [-0.2, -0.15) is 0 Å². The third-order valence-electron chi connectivity index (χ3n) is 2.93. The van der Waals surface area contributed by atoms with Crippen molar-refractivity contribution in [3.63, 3.8) is 0 Å². The predicted molar refractivity (Wildman–Crippen MR) is 70.2 cm³/mol. The summed E-state index contributed by atoms with van der Waals surface area (Å²) in [6.45, 7) is 5.96. The van der Waals surface area contributed by atoms with Gasteiger partial charge in [-0.1, -0.05) is 15.9 Å². The monoisotopic (exact) mass is 297 g/mol. The largest absolute Gasteiger partial charge is 0.375 e. The van der Waals surface area contributed by atoms with Gasteiger partial charge in [0.2, 0.25) is 0 Å². The van der Waals surface area contributed by atoms with Gasteiger partial charge in [0.05, 0.1) is 12.7 Å². The molecular weight excluding hydrogens is 282 g/mol. The van der Waals surface area contributed by atoms with Crippen molar-refractivity contribution in [1.82, 2.24) is 4.90 Å². The van der Waals surface area contributed by atoms with Crippen LogP contribution < -0.4 is 0 Å². The standard InChI is InChI=1S/C13H16BrNO2/c1-9-7-11(3-4-12(9)14)13(16)15-5-6-17-10(2)8-15/h3-4,7,10H,5-6,8H2,1-2H3. The molecule has 0 spiro atoms. The fourth-order valence-electron chi connectivity index (χ4n) is 1.96. The maximum absolute atomic E-state index is 12.3. The molecule has 1 saturated heterocycles. The van der Waals surface area contributed by atoms with Crippen molar-refractivity contribution in [3.05, 3.63) is 33.8 Å². The van der Waals surface area contributed by atoms with Crippen LogP contribution in [0, 0.1) is 6.92 Å². The minimum atomic E-state index is 0.0933. The molecule has 0 aromatic heterocycles. The molecular formula is C13H16BrNO2. The molecule has 0 saturated carbocycles. The number of rotatable bonds is 1. The molecule has 0 N–H and O–H groups in total. The summed E-state index contributed by atoms with van der Waals surface area (Å²) in [7, 11) is 0. The second-order valence-electron chi connectivity index (χ2n) is 4.40. The summed E-state index contributed by atoms with van der Waals surface area (Å²) < 4.78 is 6.47. The second-order valence-corrected chi connectivity index (χ2v) is 5.25. The maximum Gasteiger partial charge on any atom is 0.254 e. The number of carbonyl (C=O) groups excluding carboxylic acids is 1. The van der Waals surface area contributed by atoms with E-state index in [0.717, 1.165) is 15.6 Å². The molecule has 1 aromatic carbocycles. The van der Waals surface area contributed by atoms with Crippen LogP contribution in [0.4, 0.5) is 0 Å². The smallest absolute Gasteiger partial charge is 0.254 e. The number of hydrogen-bond acceptors (Lipinski definition) is 2. The lowest BCUT2D eigenvalue weighted by molar-refractivity contribution is -0.0124. The molecule has 1 heterocycles. The zero-order chi connectivity index (χ0) is 12.4. The van der Waals surface area contributed by atoms with Crippen molar-refractivity contribution in [2.45, 2.75) is 20.0 Å². The lowest BCUT2D eigenvalue weighted by Gasteiger charge is -2.31. The van der Waals surface area contributed by atoms with Crippen LogP contribution in [0.5, 0.6) is 0 Å². The number of morpholine rings is 1. The van der Waals surface area contributed by atoms with Gasteiger partial charge in [0, 0.05) is 23.1 Å². The molecule has 1 fully saturated rings. The average Bonchev–Trinajstić information content (AvgIpc) is 2.32. The van der Waals surface area contributed by atoms with Gasteiger partial charge < -0.3 is 9.64 Å². The summed E-state index contributed by atoms with van der Waals surface area (Å²) in [6, 6.07) is 5.71. The van der Waals surface area contributed by atoms with Crippen LogP contribution in [0.2, 0.25) is 0 Å². The molecule has 1 atom stereocenters. The number of aryl methyl sites for hydroxylation is 1. The van der Waals surface area contributed by atoms with Crippen LogP contribution in [0.15, 0.2) is 22.7 Å². The lowest BCUT2D eigenvalue weighted by Crippen LogP contribution is -2.44. The Morgan fingerprint density at radius 2 is 2.29 bits per heavy atom. The Kier molecular flexibility index (Phi) is 3.84. The van der Waals surface area contributed by atoms with Crippen LogP contribution in [-0.2, 0) is 4.74 Å². The number of amides is 1. The van der Waals surface area contributed by atoms with Crippen molar-refractivity contribution in [1.29, 1.82) is 0 Å². The van der Waals surface area contributed by atoms with Crippen LogP contribution in [-0.4, -0.2) is 36.6 Å². The highest BCUT2D eigenvalue weighted by Crippen LogP contribution is 2.19. The van der Waals surface area contributed by atoms with Crippen LogP contribution in [0.25, 0.3) is 0 Å². The van der Waals surface area contributed by atoms with E-state index < -0.39 is 0 Å². The minimum absolute atomic E-state index is 0.0933. The third-order valence-corrected chi connectivity index (χ3v) is 3.82. The van der Waals surface area contributed by atoms with Gasteiger partial charge in [-0.15, -0.1) is 0 Å². The van der Waals surface area contributed by atoms with E-state index in [2.05, 4.69) is 15.9 Å². The van der Waals surface area contributed by atoms with Crippen molar-refractivity contribution in [2.24, 2.45) is 0 Å². The Morgan fingerprint density at radius 3 is 2.94 bits per heavy atom. The number of nitrogens with zero attached hydrogens (tertiary/aromatic N) is 1. The number of carbonyl (C=O) groups is 1. The van der Waals surface area contributed by atoms with Gasteiger partial charge in [0.25, 0.3) is 5.91 Å². The van der Waals surface area contributed by atoms with Crippen LogP contribution in [0.1, 0.15) is 22.8 Å². The molecule has 4 heteroatoms. The predicted octanol–water partition coefficient (Wildman–Crippen LogP) is 2.62. The molecule has 17 heavy (non-hydrogen) atoms. The van der Waals surface area contributed by atoms with E-state index in [1.165, 1.54) is 0 Å². The molecule has 2 rings (SSSR count). The van der Waals surface area contributed by atoms with Gasteiger partial charge in [0.15, 0.2) is 0 Å². The Balaban J connectivity index is 2.15. The van der Waals surface area contributed by atoms with Gasteiger partial charge in [0.1, 0.15) is 0 Å². The number of ether oxygens (including phenoxy) is 1. The highest BCUT2D eigenvalue weighted by Gasteiger charge is 2.22. The minimum Gasteiger partial charge on any atom is -0.375 e. The number of halogens is 1. The molecule has 1 aliphatic heterocycles. The van der Waals surface area contributed by atoms with Crippen molar-refractivity contribution < 1.29 is 9.53 Å². The van der Waals surface area contributed by atoms with E-state index in [4.69, 9.17) is 4.74 Å². The van der Waals surface area contributed by atoms with E-state index in [1.807, 2.05) is 36.9 Å². The average molecular weight is 298 g/mol. The first-order valence-corrected chi connectivity index (χ1v) is 6.54. The van der Waals surface area contributed by atoms with Crippen molar-refractivity contribution in [3.8, 4) is 0 Å². The Labute approximate surface area is 110 Å². The quantitative estimate of drug-likeness (QED) is 0.797. The van der Waals surface area contributed by atoms with E-state index >= 15 is 0 Å². The number of benzene rings is 1. The summed E-state index contributed by atoms with van der Waals surface area (Å²) in [5, 5.41) is 0. The zero-order valence-corrected chi connectivity index (χ0v) is 11.7. The summed E-state index contributed by atoms with van der Waals surface area (Å²) in [6.07, 6.45) is 0.129. The van der Waals surface area contributed by atoms with Crippen molar-refractivity contribution >= 4 is 21.8 Å². The molecule has 1 aliphatic rings. The van der Waals surface area contributed by atoms with Gasteiger partial charge in [-0.05, 0) is 37.6 Å². The molecule has 92 valence electrons. The second kappa shape index (κ2) is 5.19. The molecule has 3 nitrogen and oxygen atoms in total. The molecule has 1 unspecified atom stereocenters. The fourth-order valence-corrected chi connectivity index (χ4v) is 2.21. The Morgan fingerprint density at radius 1 is 1.53 bits per heavy atom. The molecule has 0 radical (unpaired) electrons. The summed E-state index contributed by atoms with van der Waals surface area (Å²) in [5.74, 6) is 0.0933. The summed E-state index contributed by atoms with van der Waals surface area (Å²) in [5.41, 5.74) is 1.83. The Hall–Kier alpha value is -0.870. The number of hydrogen-bond donors (Lipinski definition) is 0. The zero-order valence-electron chi connectivity index (χ0n) is 10.1. The van der Waals surface area contributed by atoms with E-state index in [0.29, 0.717) is 19.7 Å².